The van der Waals surface area contributed by atoms with Crippen LogP contribution < -0.4 is 10.1 Å². The predicted octanol–water partition coefficient (Wildman–Crippen LogP) is 4.17. The van der Waals surface area contributed by atoms with E-state index in [1.54, 1.807) is 33.1 Å². The fourth-order valence-corrected chi connectivity index (χ4v) is 6.25. The first-order valence-electron chi connectivity index (χ1n) is 15.1. The molecule has 1 aromatic carbocycles. The zero-order valence-corrected chi connectivity index (χ0v) is 25.0. The van der Waals surface area contributed by atoms with E-state index in [1.807, 2.05) is 12.1 Å². The van der Waals surface area contributed by atoms with Crippen LogP contribution in [0.3, 0.4) is 0 Å². The Bertz CT molecular complexity index is 1130. The molecule has 4 atom stereocenters. The van der Waals surface area contributed by atoms with Gasteiger partial charge in [0.2, 0.25) is 5.91 Å². The lowest BCUT2D eigenvalue weighted by molar-refractivity contribution is -0.134. The van der Waals surface area contributed by atoms with Crippen molar-refractivity contribution >= 4 is 23.3 Å². The SMILES string of the molecule is COc1ccc(CC(NC(=O)C(C)CC(=O)CN2CCC(F)(F)C2)C(=O)CC(CC2CCCC2)C(=O)C2(C)CO2)cc1. The van der Waals surface area contributed by atoms with Crippen LogP contribution in [-0.2, 0) is 30.3 Å². The van der Waals surface area contributed by atoms with E-state index in [0.717, 1.165) is 31.2 Å². The number of carbonyl (C=O) groups is 4. The molecule has 1 aliphatic carbocycles. The van der Waals surface area contributed by atoms with Crippen molar-refractivity contribution in [2.45, 2.75) is 89.2 Å². The molecular weight excluding hydrogens is 546 g/mol. The molecule has 0 spiro atoms. The second kappa shape index (κ2) is 13.7. The molecule has 232 valence electrons. The number of ketones is 3. The number of likely N-dealkylation sites (tertiary alicyclic amines) is 1. The van der Waals surface area contributed by atoms with Gasteiger partial charge < -0.3 is 14.8 Å². The first kappa shape index (κ1) is 32.2. The van der Waals surface area contributed by atoms with Crippen LogP contribution in [0.5, 0.6) is 5.75 Å². The average Bonchev–Trinajstić information content (AvgIpc) is 3.31. The summed E-state index contributed by atoms with van der Waals surface area (Å²) in [5.74, 6) is -4.02. The highest BCUT2D eigenvalue weighted by Crippen LogP contribution is 2.37. The van der Waals surface area contributed by atoms with Gasteiger partial charge in [-0.15, -0.1) is 0 Å². The maximum Gasteiger partial charge on any atom is 0.261 e. The second-order valence-electron chi connectivity index (χ2n) is 12.7. The summed E-state index contributed by atoms with van der Waals surface area (Å²) in [7, 11) is 1.56. The Kier molecular flexibility index (Phi) is 10.5. The van der Waals surface area contributed by atoms with Crippen LogP contribution in [0.1, 0.15) is 70.8 Å². The molecule has 1 saturated carbocycles. The van der Waals surface area contributed by atoms with E-state index in [1.165, 1.54) is 4.90 Å². The third kappa shape index (κ3) is 8.89. The molecule has 2 heterocycles. The molecule has 1 N–H and O–H groups in total. The van der Waals surface area contributed by atoms with E-state index in [9.17, 15) is 28.0 Å². The van der Waals surface area contributed by atoms with Crippen molar-refractivity contribution in [1.82, 2.24) is 10.2 Å². The number of alkyl halides is 2. The molecule has 3 aliphatic rings. The third-order valence-corrected chi connectivity index (χ3v) is 8.94. The van der Waals surface area contributed by atoms with E-state index >= 15 is 0 Å². The van der Waals surface area contributed by atoms with Gasteiger partial charge in [-0.1, -0.05) is 44.7 Å². The predicted molar refractivity (Wildman–Crippen MR) is 152 cm³/mol. The smallest absolute Gasteiger partial charge is 0.261 e. The number of ether oxygens (including phenoxy) is 2. The standard InChI is InChI=1S/C32H44F2N2O6/c1-21(14-25(37)18-36-13-12-32(33,34)19-36)30(40)35-27(16-23-8-10-26(41-3)11-9-23)28(38)17-24(15-22-6-4-5-7-22)29(39)31(2)20-42-31/h8-11,21-22,24,27H,4-7,12-20H2,1-3H3,(H,35,40). The van der Waals surface area contributed by atoms with Crippen molar-refractivity contribution in [3.05, 3.63) is 29.8 Å². The topological polar surface area (TPSA) is 105 Å². The van der Waals surface area contributed by atoms with Gasteiger partial charge in [0.1, 0.15) is 17.1 Å². The highest BCUT2D eigenvalue weighted by Gasteiger charge is 2.50. The molecule has 2 aliphatic heterocycles. The minimum atomic E-state index is -2.79. The summed E-state index contributed by atoms with van der Waals surface area (Å²) < 4.78 is 37.7. The van der Waals surface area contributed by atoms with Gasteiger partial charge in [0.15, 0.2) is 11.6 Å². The molecule has 1 aromatic rings. The van der Waals surface area contributed by atoms with Crippen LogP contribution in [0.25, 0.3) is 0 Å². The van der Waals surface area contributed by atoms with E-state index in [0.29, 0.717) is 24.7 Å². The van der Waals surface area contributed by atoms with Crippen LogP contribution in [0, 0.1) is 17.8 Å². The highest BCUT2D eigenvalue weighted by atomic mass is 19.3. The van der Waals surface area contributed by atoms with E-state index in [2.05, 4.69) is 5.32 Å². The Morgan fingerprint density at radius 2 is 1.79 bits per heavy atom. The van der Waals surface area contributed by atoms with Gasteiger partial charge in [-0.3, -0.25) is 24.1 Å². The Morgan fingerprint density at radius 3 is 2.36 bits per heavy atom. The summed E-state index contributed by atoms with van der Waals surface area (Å²) in [6, 6.07) is 6.31. The minimum absolute atomic E-state index is 0.00582. The summed E-state index contributed by atoms with van der Waals surface area (Å²) >= 11 is 0. The van der Waals surface area contributed by atoms with Gasteiger partial charge in [-0.25, -0.2) is 8.78 Å². The molecule has 0 bridgehead atoms. The van der Waals surface area contributed by atoms with Crippen molar-refractivity contribution in [3.8, 4) is 5.75 Å². The molecule has 4 unspecified atom stereocenters. The number of hydrogen-bond acceptors (Lipinski definition) is 7. The summed E-state index contributed by atoms with van der Waals surface area (Å²) in [5.41, 5.74) is -0.0313. The average molecular weight is 591 g/mol. The van der Waals surface area contributed by atoms with E-state index in [-0.39, 0.29) is 56.1 Å². The molecule has 4 rings (SSSR count). The fourth-order valence-electron chi connectivity index (χ4n) is 6.25. The maximum atomic E-state index is 13.8. The van der Waals surface area contributed by atoms with Crippen LogP contribution >= 0.6 is 0 Å². The molecule has 1 amide bonds. The first-order chi connectivity index (χ1) is 19.9. The van der Waals surface area contributed by atoms with Crippen LogP contribution in [0.2, 0.25) is 0 Å². The fraction of sp³-hybridized carbons (Fsp3) is 0.688. The molecule has 0 aromatic heterocycles. The Balaban J connectivity index is 1.43. The van der Waals surface area contributed by atoms with Crippen LogP contribution in [0.15, 0.2) is 24.3 Å². The first-order valence-corrected chi connectivity index (χ1v) is 15.1. The number of Topliss-reactive ketones (excluding diaryl/α,β-unsaturated/α-hetero) is 3. The number of benzene rings is 1. The Labute approximate surface area is 246 Å². The number of rotatable bonds is 16. The van der Waals surface area contributed by atoms with E-state index in [4.69, 9.17) is 9.47 Å². The molecule has 8 nitrogen and oxygen atoms in total. The minimum Gasteiger partial charge on any atom is -0.497 e. The number of epoxide rings is 1. The number of nitrogens with one attached hydrogen (secondary N) is 1. The summed E-state index contributed by atoms with van der Waals surface area (Å²) in [6.45, 7) is 3.27. The monoisotopic (exact) mass is 590 g/mol. The van der Waals surface area contributed by atoms with Crippen molar-refractivity contribution in [2.24, 2.45) is 17.8 Å². The van der Waals surface area contributed by atoms with Crippen molar-refractivity contribution in [1.29, 1.82) is 0 Å². The van der Waals surface area contributed by atoms with Crippen LogP contribution in [0.4, 0.5) is 8.78 Å². The zero-order chi connectivity index (χ0) is 30.5. The lowest BCUT2D eigenvalue weighted by Gasteiger charge is -2.25. The number of halogens is 2. The molecule has 0 radical (unpaired) electrons. The van der Waals surface area contributed by atoms with Gasteiger partial charge in [0, 0.05) is 37.6 Å². The van der Waals surface area contributed by atoms with Gasteiger partial charge in [-0.05, 0) is 43.4 Å². The number of hydrogen-bond donors (Lipinski definition) is 1. The molecule has 2 saturated heterocycles. The Morgan fingerprint density at radius 1 is 1.12 bits per heavy atom. The van der Waals surface area contributed by atoms with Crippen LogP contribution in [-0.4, -0.2) is 79.1 Å². The zero-order valence-electron chi connectivity index (χ0n) is 25.0. The maximum absolute atomic E-state index is 13.8. The van der Waals surface area contributed by atoms with Gasteiger partial charge in [-0.2, -0.15) is 0 Å². The van der Waals surface area contributed by atoms with Gasteiger partial charge >= 0.3 is 0 Å². The van der Waals surface area contributed by atoms with Crippen molar-refractivity contribution < 1.29 is 37.4 Å². The lowest BCUT2D eigenvalue weighted by atomic mass is 9.81. The molecule has 42 heavy (non-hydrogen) atoms. The molecular formula is C32H44F2N2O6. The largest absolute Gasteiger partial charge is 0.497 e. The molecule has 3 fully saturated rings. The number of carbonyl (C=O) groups excluding carboxylic acids is 4. The van der Waals surface area contributed by atoms with Crippen molar-refractivity contribution in [2.75, 3.05) is 33.4 Å². The lowest BCUT2D eigenvalue weighted by Crippen LogP contribution is -2.46. The van der Waals surface area contributed by atoms with E-state index < -0.39 is 41.9 Å². The van der Waals surface area contributed by atoms with Crippen molar-refractivity contribution in [3.63, 3.8) is 0 Å². The summed E-state index contributed by atoms with van der Waals surface area (Å²) in [4.78, 5) is 54.4. The van der Waals surface area contributed by atoms with Gasteiger partial charge in [0.05, 0.1) is 32.8 Å². The summed E-state index contributed by atoms with van der Waals surface area (Å²) in [6.07, 6.45) is 4.80. The number of amides is 1. The quantitative estimate of drug-likeness (QED) is 0.288. The molecule has 10 heteroatoms. The van der Waals surface area contributed by atoms with Gasteiger partial charge in [0.25, 0.3) is 5.92 Å². The Hall–Kier alpha value is -2.72. The summed E-state index contributed by atoms with van der Waals surface area (Å²) in [5, 5.41) is 2.85. The number of methoxy groups -OCH3 is 1. The normalized spacial score (nSPS) is 24.1. The third-order valence-electron chi connectivity index (χ3n) is 8.94. The number of nitrogens with zero attached hydrogens (tertiary/aromatic N) is 1. The highest BCUT2D eigenvalue weighted by molar-refractivity contribution is 5.97. The second-order valence-corrected chi connectivity index (χ2v) is 12.7.